The molecule has 0 saturated carbocycles. The van der Waals surface area contributed by atoms with Gasteiger partial charge in [-0.1, -0.05) is 30.3 Å². The van der Waals surface area contributed by atoms with Gasteiger partial charge in [-0.25, -0.2) is 8.42 Å². The number of benzene rings is 2. The monoisotopic (exact) mass is 458 g/mol. The Kier molecular flexibility index (Phi) is 6.50. The van der Waals surface area contributed by atoms with Crippen molar-refractivity contribution in [1.82, 2.24) is 9.62 Å². The van der Waals surface area contributed by atoms with E-state index in [9.17, 15) is 18.0 Å². The van der Waals surface area contributed by atoms with Gasteiger partial charge in [0, 0.05) is 35.2 Å². The SMILES string of the molecule is CC(=O)c1ccc(S(=O)(=O)N2CCC(C(=O)N[C@H]3CCSc4ccccc43)CC2)cc1. The van der Waals surface area contributed by atoms with Crippen LogP contribution in [0.25, 0.3) is 0 Å². The number of nitrogens with zero attached hydrogens (tertiary/aromatic N) is 1. The van der Waals surface area contributed by atoms with Crippen molar-refractivity contribution in [3.8, 4) is 0 Å². The van der Waals surface area contributed by atoms with E-state index in [1.54, 1.807) is 0 Å². The molecule has 1 saturated heterocycles. The third-order valence-corrected chi connectivity index (χ3v) is 9.03. The second-order valence-electron chi connectivity index (χ2n) is 8.00. The molecule has 2 aromatic carbocycles. The fraction of sp³-hybridized carbons (Fsp3) is 0.391. The van der Waals surface area contributed by atoms with Crippen molar-refractivity contribution in [2.24, 2.45) is 5.92 Å². The molecule has 0 radical (unpaired) electrons. The maximum atomic E-state index is 12.9. The molecular formula is C23H26N2O4S2. The third kappa shape index (κ3) is 4.71. The molecule has 0 spiro atoms. The van der Waals surface area contributed by atoms with Gasteiger partial charge < -0.3 is 5.32 Å². The van der Waals surface area contributed by atoms with Gasteiger partial charge in [-0.15, -0.1) is 11.8 Å². The Morgan fingerprint density at radius 2 is 1.68 bits per heavy atom. The van der Waals surface area contributed by atoms with E-state index in [2.05, 4.69) is 17.4 Å². The van der Waals surface area contributed by atoms with Crippen molar-refractivity contribution < 1.29 is 18.0 Å². The van der Waals surface area contributed by atoms with Crippen LogP contribution in [0.4, 0.5) is 0 Å². The van der Waals surface area contributed by atoms with Crippen LogP contribution in [0.15, 0.2) is 58.3 Å². The van der Waals surface area contributed by atoms with Gasteiger partial charge in [0.25, 0.3) is 0 Å². The summed E-state index contributed by atoms with van der Waals surface area (Å²) < 4.78 is 27.3. The van der Waals surface area contributed by atoms with E-state index in [4.69, 9.17) is 0 Å². The van der Waals surface area contributed by atoms with Gasteiger partial charge in [-0.05, 0) is 49.9 Å². The molecule has 1 amide bonds. The summed E-state index contributed by atoms with van der Waals surface area (Å²) in [5, 5.41) is 3.19. The van der Waals surface area contributed by atoms with Crippen molar-refractivity contribution in [1.29, 1.82) is 0 Å². The minimum absolute atomic E-state index is 0.00885. The van der Waals surface area contributed by atoms with Crippen molar-refractivity contribution in [3.63, 3.8) is 0 Å². The molecule has 6 nitrogen and oxygen atoms in total. The topological polar surface area (TPSA) is 83.6 Å². The average Bonchev–Trinajstić information content (AvgIpc) is 2.79. The number of Topliss-reactive ketones (excluding diaryl/α,β-unsaturated/α-hetero) is 1. The number of sulfonamides is 1. The van der Waals surface area contributed by atoms with Crippen LogP contribution in [0.2, 0.25) is 0 Å². The summed E-state index contributed by atoms with van der Waals surface area (Å²) in [6.45, 7) is 2.07. The molecule has 164 valence electrons. The Bertz CT molecular complexity index is 1080. The largest absolute Gasteiger partial charge is 0.349 e. The van der Waals surface area contributed by atoms with E-state index in [0.29, 0.717) is 31.5 Å². The number of carbonyl (C=O) groups excluding carboxylic acids is 2. The second-order valence-corrected chi connectivity index (χ2v) is 11.1. The van der Waals surface area contributed by atoms with Crippen LogP contribution >= 0.6 is 11.8 Å². The first-order valence-corrected chi connectivity index (χ1v) is 12.9. The van der Waals surface area contributed by atoms with Crippen molar-refractivity contribution in [2.45, 2.75) is 42.0 Å². The van der Waals surface area contributed by atoms with Crippen LogP contribution in [-0.4, -0.2) is 43.3 Å². The van der Waals surface area contributed by atoms with Gasteiger partial charge in [-0.3, -0.25) is 9.59 Å². The Hall–Kier alpha value is -2.16. The van der Waals surface area contributed by atoms with E-state index in [0.717, 1.165) is 12.2 Å². The zero-order valence-corrected chi connectivity index (χ0v) is 19.0. The molecule has 0 unspecified atom stereocenters. The van der Waals surface area contributed by atoms with E-state index < -0.39 is 10.0 Å². The number of rotatable bonds is 5. The Morgan fingerprint density at radius 3 is 2.35 bits per heavy atom. The summed E-state index contributed by atoms with van der Waals surface area (Å²) in [6.07, 6.45) is 1.90. The molecule has 0 aromatic heterocycles. The Labute approximate surface area is 187 Å². The third-order valence-electron chi connectivity index (χ3n) is 6.00. The standard InChI is InChI=1S/C23H26N2O4S2/c1-16(26)17-6-8-19(9-7-17)31(28,29)25-13-10-18(11-14-25)23(27)24-21-12-15-30-22-5-3-2-4-20(21)22/h2-9,18,21H,10-15H2,1H3,(H,24,27)/t21-/m0/s1. The quantitative estimate of drug-likeness (QED) is 0.692. The van der Waals surface area contributed by atoms with E-state index in [-0.39, 0.29) is 28.5 Å². The number of carbonyl (C=O) groups is 2. The first-order valence-electron chi connectivity index (χ1n) is 10.5. The molecule has 1 N–H and O–H groups in total. The smallest absolute Gasteiger partial charge is 0.243 e. The van der Waals surface area contributed by atoms with Crippen molar-refractivity contribution in [3.05, 3.63) is 59.7 Å². The molecule has 31 heavy (non-hydrogen) atoms. The molecule has 0 aliphatic carbocycles. The summed E-state index contributed by atoms with van der Waals surface area (Å²) in [7, 11) is -3.63. The number of ketones is 1. The van der Waals surface area contributed by atoms with Gasteiger partial charge >= 0.3 is 0 Å². The Balaban J connectivity index is 1.37. The molecule has 2 aliphatic heterocycles. The Morgan fingerprint density at radius 1 is 1.00 bits per heavy atom. The molecule has 2 aliphatic rings. The van der Waals surface area contributed by atoms with E-state index in [1.165, 1.54) is 46.0 Å². The first kappa shape index (κ1) is 22.0. The lowest BCUT2D eigenvalue weighted by Gasteiger charge is -2.32. The van der Waals surface area contributed by atoms with Crippen LogP contribution in [0, 0.1) is 5.92 Å². The maximum Gasteiger partial charge on any atom is 0.243 e. The number of thioether (sulfide) groups is 1. The summed E-state index contributed by atoms with van der Waals surface area (Å²) in [6, 6.07) is 14.2. The first-order chi connectivity index (χ1) is 14.9. The molecule has 0 bridgehead atoms. The van der Waals surface area contributed by atoms with E-state index in [1.807, 2.05) is 23.9 Å². The highest BCUT2D eigenvalue weighted by atomic mass is 32.2. The van der Waals surface area contributed by atoms with Crippen LogP contribution in [0.3, 0.4) is 0 Å². The van der Waals surface area contributed by atoms with Crippen LogP contribution in [-0.2, 0) is 14.8 Å². The van der Waals surface area contributed by atoms with Crippen molar-refractivity contribution >= 4 is 33.5 Å². The summed E-state index contributed by atoms with van der Waals surface area (Å²) in [5.74, 6) is 0.693. The molecule has 8 heteroatoms. The van der Waals surface area contributed by atoms with Gasteiger partial charge in [0.1, 0.15) is 0 Å². The summed E-state index contributed by atoms with van der Waals surface area (Å²) in [5.41, 5.74) is 1.65. The predicted octanol–water partition coefficient (Wildman–Crippen LogP) is 3.64. The molecule has 4 rings (SSSR count). The fourth-order valence-electron chi connectivity index (χ4n) is 4.15. The fourth-order valence-corrected chi connectivity index (χ4v) is 6.75. The predicted molar refractivity (Wildman–Crippen MR) is 121 cm³/mol. The number of fused-ring (bicyclic) bond motifs is 1. The van der Waals surface area contributed by atoms with Crippen molar-refractivity contribution in [2.75, 3.05) is 18.8 Å². The highest BCUT2D eigenvalue weighted by Gasteiger charge is 2.33. The summed E-state index contributed by atoms with van der Waals surface area (Å²) >= 11 is 1.82. The van der Waals surface area contributed by atoms with Crippen LogP contribution in [0.1, 0.15) is 48.1 Å². The van der Waals surface area contributed by atoms with Gasteiger partial charge in [-0.2, -0.15) is 4.31 Å². The molecule has 1 atom stereocenters. The van der Waals surface area contributed by atoms with Crippen LogP contribution in [0.5, 0.6) is 0 Å². The lowest BCUT2D eigenvalue weighted by molar-refractivity contribution is -0.126. The molecule has 1 fully saturated rings. The van der Waals surface area contributed by atoms with Gasteiger partial charge in [0.15, 0.2) is 5.78 Å². The minimum atomic E-state index is -3.63. The zero-order valence-electron chi connectivity index (χ0n) is 17.4. The number of hydrogen-bond acceptors (Lipinski definition) is 5. The zero-order chi connectivity index (χ0) is 22.0. The average molecular weight is 459 g/mol. The summed E-state index contributed by atoms with van der Waals surface area (Å²) in [4.78, 5) is 25.7. The number of piperidine rings is 1. The lowest BCUT2D eigenvalue weighted by atomic mass is 9.95. The maximum absolute atomic E-state index is 12.9. The normalized spacial score (nSPS) is 20.1. The second kappa shape index (κ2) is 9.14. The molecule has 2 heterocycles. The highest BCUT2D eigenvalue weighted by Crippen LogP contribution is 2.36. The highest BCUT2D eigenvalue weighted by molar-refractivity contribution is 7.99. The number of amides is 1. The molecular weight excluding hydrogens is 432 g/mol. The van der Waals surface area contributed by atoms with E-state index >= 15 is 0 Å². The number of nitrogens with one attached hydrogen (secondary N) is 1. The molecule has 2 aromatic rings. The minimum Gasteiger partial charge on any atom is -0.349 e. The van der Waals surface area contributed by atoms with Crippen LogP contribution < -0.4 is 5.32 Å². The lowest BCUT2D eigenvalue weighted by Crippen LogP contribution is -2.44. The van der Waals surface area contributed by atoms with Gasteiger partial charge in [0.05, 0.1) is 10.9 Å². The number of hydrogen-bond donors (Lipinski definition) is 1. The van der Waals surface area contributed by atoms with Gasteiger partial charge in [0.2, 0.25) is 15.9 Å².